The standard InChI is InChI=1S/C60H38N2O/c1-6-28-54-48(19-1)49-20-2-7-29-55(49)61(54)43-17-11-15-41(37-43)45-24-13-25-46(42-16-12-18-44(38-42)62-56-30-8-3-21-50(56)51-22-4-9-31-57(51)62)59(45)40-35-33-39(34-36-40)47-26-14-27-53-52-23-5-10-32-58(52)63-60(47)53/h1-38H. The summed E-state index contributed by atoms with van der Waals surface area (Å²) >= 11 is 0. The Labute approximate surface area is 363 Å². The number of fused-ring (bicyclic) bond motifs is 9. The number of hydrogen-bond acceptors (Lipinski definition) is 1. The van der Waals surface area contributed by atoms with E-state index in [-0.39, 0.29) is 0 Å². The summed E-state index contributed by atoms with van der Waals surface area (Å²) in [7, 11) is 0. The maximum Gasteiger partial charge on any atom is 0.143 e. The van der Waals surface area contributed by atoms with Crippen molar-refractivity contribution in [3.63, 3.8) is 0 Å². The normalized spacial score (nSPS) is 11.8. The van der Waals surface area contributed by atoms with Crippen LogP contribution in [0.15, 0.2) is 235 Å². The lowest BCUT2D eigenvalue weighted by Gasteiger charge is -2.19. The van der Waals surface area contributed by atoms with Gasteiger partial charge in [0.15, 0.2) is 0 Å². The monoisotopic (exact) mass is 802 g/mol. The lowest BCUT2D eigenvalue weighted by atomic mass is 9.87. The summed E-state index contributed by atoms with van der Waals surface area (Å²) in [5.74, 6) is 0. The molecule has 0 aliphatic carbocycles. The highest BCUT2D eigenvalue weighted by molar-refractivity contribution is 6.11. The van der Waals surface area contributed by atoms with E-state index in [0.717, 1.165) is 61.1 Å². The second-order valence-corrected chi connectivity index (χ2v) is 16.4. The van der Waals surface area contributed by atoms with Gasteiger partial charge in [0.2, 0.25) is 0 Å². The molecule has 0 spiro atoms. The van der Waals surface area contributed by atoms with Crippen LogP contribution in [-0.4, -0.2) is 9.13 Å². The molecule has 3 nitrogen and oxygen atoms in total. The first-order chi connectivity index (χ1) is 31.3. The summed E-state index contributed by atoms with van der Waals surface area (Å²) in [4.78, 5) is 0. The van der Waals surface area contributed by atoms with Crippen LogP contribution in [0.2, 0.25) is 0 Å². The molecule has 13 rings (SSSR count). The smallest absolute Gasteiger partial charge is 0.143 e. The quantitative estimate of drug-likeness (QED) is 0.164. The molecule has 3 heterocycles. The van der Waals surface area contributed by atoms with E-state index in [0.29, 0.717) is 0 Å². The van der Waals surface area contributed by atoms with Gasteiger partial charge in [-0.3, -0.25) is 0 Å². The van der Waals surface area contributed by atoms with Crippen molar-refractivity contribution in [1.82, 2.24) is 9.13 Å². The van der Waals surface area contributed by atoms with Crippen molar-refractivity contribution in [3.05, 3.63) is 231 Å². The minimum absolute atomic E-state index is 0.904. The molecule has 3 heteroatoms. The average Bonchev–Trinajstić information content (AvgIpc) is 4.02. The van der Waals surface area contributed by atoms with Gasteiger partial charge in [-0.05, 0) is 93.5 Å². The van der Waals surface area contributed by atoms with Gasteiger partial charge >= 0.3 is 0 Å². The summed E-state index contributed by atoms with van der Waals surface area (Å²) < 4.78 is 11.3. The predicted octanol–water partition coefficient (Wildman–Crippen LogP) is 16.4. The van der Waals surface area contributed by atoms with E-state index in [2.05, 4.69) is 228 Å². The minimum atomic E-state index is 0.904. The number of aromatic nitrogens is 2. The Bertz CT molecular complexity index is 3630. The number of furan rings is 1. The summed E-state index contributed by atoms with van der Waals surface area (Å²) in [6.45, 7) is 0. The zero-order chi connectivity index (χ0) is 41.4. The maximum absolute atomic E-state index is 6.49. The van der Waals surface area contributed by atoms with Gasteiger partial charge in [-0.25, -0.2) is 0 Å². The van der Waals surface area contributed by atoms with Crippen molar-refractivity contribution in [2.45, 2.75) is 0 Å². The fourth-order valence-corrected chi connectivity index (χ4v) is 10.2. The average molecular weight is 803 g/mol. The summed E-state index contributed by atoms with van der Waals surface area (Å²) in [6, 6.07) is 83.6. The van der Waals surface area contributed by atoms with Gasteiger partial charge in [0.25, 0.3) is 0 Å². The third-order valence-electron chi connectivity index (χ3n) is 12.9. The van der Waals surface area contributed by atoms with E-state index in [4.69, 9.17) is 4.42 Å². The van der Waals surface area contributed by atoms with Crippen LogP contribution < -0.4 is 0 Å². The van der Waals surface area contributed by atoms with Gasteiger partial charge in [-0.2, -0.15) is 0 Å². The van der Waals surface area contributed by atoms with Gasteiger partial charge in [-0.1, -0.05) is 176 Å². The Hall–Kier alpha value is -8.40. The number of hydrogen-bond donors (Lipinski definition) is 0. The van der Waals surface area contributed by atoms with Gasteiger partial charge < -0.3 is 13.6 Å². The fraction of sp³-hybridized carbons (Fsp3) is 0. The van der Waals surface area contributed by atoms with Gasteiger partial charge in [0, 0.05) is 49.3 Å². The molecule has 0 atom stereocenters. The molecule has 63 heavy (non-hydrogen) atoms. The predicted molar refractivity (Wildman–Crippen MR) is 264 cm³/mol. The van der Waals surface area contributed by atoms with Gasteiger partial charge in [0.1, 0.15) is 11.2 Å². The van der Waals surface area contributed by atoms with E-state index < -0.39 is 0 Å². The molecule has 0 amide bonds. The Morgan fingerprint density at radius 2 is 0.667 bits per heavy atom. The van der Waals surface area contributed by atoms with E-state index >= 15 is 0 Å². The highest BCUT2D eigenvalue weighted by Gasteiger charge is 2.19. The summed E-state index contributed by atoms with van der Waals surface area (Å²) in [6.07, 6.45) is 0. The molecule has 0 aliphatic heterocycles. The SMILES string of the molecule is c1cc(-c2cccc(-c3cccc(-n4c5ccccc5c5ccccc54)c3)c2-c2ccc(-c3cccc4c3oc3ccccc34)cc2)cc(-n2c3ccccc3c3ccccc32)c1. The third kappa shape index (κ3) is 5.53. The highest BCUT2D eigenvalue weighted by atomic mass is 16.3. The van der Waals surface area contributed by atoms with Gasteiger partial charge in [-0.15, -0.1) is 0 Å². The molecule has 0 unspecified atom stereocenters. The van der Waals surface area contributed by atoms with Crippen LogP contribution in [0.1, 0.15) is 0 Å². The van der Waals surface area contributed by atoms with Crippen LogP contribution in [-0.2, 0) is 0 Å². The second-order valence-electron chi connectivity index (χ2n) is 16.4. The molecule has 0 saturated heterocycles. The van der Waals surface area contributed by atoms with Crippen LogP contribution in [0.25, 0.3) is 121 Å². The molecule has 0 N–H and O–H groups in total. The lowest BCUT2D eigenvalue weighted by Crippen LogP contribution is -1.96. The van der Waals surface area contributed by atoms with E-state index in [1.54, 1.807) is 0 Å². The number of benzene rings is 10. The molecular weight excluding hydrogens is 765 g/mol. The number of rotatable bonds is 6. The molecule has 0 bridgehead atoms. The van der Waals surface area contributed by atoms with Crippen molar-refractivity contribution in [2.75, 3.05) is 0 Å². The van der Waals surface area contributed by atoms with Crippen molar-refractivity contribution in [3.8, 4) is 55.9 Å². The molecule has 3 aromatic heterocycles. The zero-order valence-corrected chi connectivity index (χ0v) is 34.2. The molecular formula is C60H38N2O. The van der Waals surface area contributed by atoms with Crippen molar-refractivity contribution in [2.24, 2.45) is 0 Å². The fourth-order valence-electron chi connectivity index (χ4n) is 10.2. The van der Waals surface area contributed by atoms with Crippen LogP contribution in [0.3, 0.4) is 0 Å². The van der Waals surface area contributed by atoms with E-state index in [1.165, 1.54) is 60.3 Å². The largest absolute Gasteiger partial charge is 0.455 e. The molecule has 0 radical (unpaired) electrons. The van der Waals surface area contributed by atoms with Crippen molar-refractivity contribution < 1.29 is 4.42 Å². The van der Waals surface area contributed by atoms with E-state index in [1.807, 2.05) is 12.1 Å². The second kappa shape index (κ2) is 14.1. The Balaban J connectivity index is 1.01. The van der Waals surface area contributed by atoms with Crippen LogP contribution >= 0.6 is 0 Å². The summed E-state index contributed by atoms with van der Waals surface area (Å²) in [5.41, 5.74) is 18.0. The molecule has 0 saturated carbocycles. The molecule has 0 fully saturated rings. The van der Waals surface area contributed by atoms with Crippen LogP contribution in [0.5, 0.6) is 0 Å². The summed E-state index contributed by atoms with van der Waals surface area (Å²) in [5, 5.41) is 7.28. The third-order valence-corrected chi connectivity index (χ3v) is 12.9. The highest BCUT2D eigenvalue weighted by Crippen LogP contribution is 2.44. The molecule has 10 aromatic carbocycles. The topological polar surface area (TPSA) is 23.0 Å². The van der Waals surface area contributed by atoms with Gasteiger partial charge in [0.05, 0.1) is 22.1 Å². The van der Waals surface area contributed by atoms with Crippen molar-refractivity contribution >= 4 is 65.6 Å². The van der Waals surface area contributed by atoms with Crippen LogP contribution in [0.4, 0.5) is 0 Å². The number of para-hydroxylation sites is 6. The molecule has 294 valence electrons. The minimum Gasteiger partial charge on any atom is -0.455 e. The molecule has 0 aliphatic rings. The first-order valence-corrected chi connectivity index (χ1v) is 21.6. The van der Waals surface area contributed by atoms with Crippen molar-refractivity contribution in [1.29, 1.82) is 0 Å². The van der Waals surface area contributed by atoms with Crippen LogP contribution in [0, 0.1) is 0 Å². The zero-order valence-electron chi connectivity index (χ0n) is 34.2. The van der Waals surface area contributed by atoms with E-state index in [9.17, 15) is 0 Å². The number of nitrogens with zero attached hydrogens (tertiary/aromatic N) is 2. The Kier molecular flexibility index (Phi) is 7.91. The first kappa shape index (κ1) is 35.4. The Morgan fingerprint density at radius 3 is 1.19 bits per heavy atom. The Morgan fingerprint density at radius 1 is 0.270 bits per heavy atom. The maximum atomic E-state index is 6.49. The molecule has 13 aromatic rings. The lowest BCUT2D eigenvalue weighted by molar-refractivity contribution is 0.670. The first-order valence-electron chi connectivity index (χ1n) is 21.6.